The highest BCUT2D eigenvalue weighted by atomic mass is 16.2. The summed E-state index contributed by atoms with van der Waals surface area (Å²) in [6, 6.07) is 12.4. The molecule has 3 N–H and O–H groups in total. The lowest BCUT2D eigenvalue weighted by molar-refractivity contribution is -0.142. The second-order valence-electron chi connectivity index (χ2n) is 10.8. The number of hydrogen-bond acceptors (Lipinski definition) is 5. The lowest BCUT2D eigenvalue weighted by atomic mass is 10.0. The molecule has 2 aliphatic rings. The molecule has 212 valence electrons. The van der Waals surface area contributed by atoms with Crippen LogP contribution in [-0.2, 0) is 25.6 Å². The molecule has 10 nitrogen and oxygen atoms in total. The number of benzene rings is 2. The van der Waals surface area contributed by atoms with Crippen LogP contribution in [0.4, 0.5) is 5.69 Å². The van der Waals surface area contributed by atoms with Gasteiger partial charge in [-0.15, -0.1) is 0 Å². The summed E-state index contributed by atoms with van der Waals surface area (Å²) in [5, 5.41) is 8.27. The second kappa shape index (κ2) is 12.3. The Hall–Kier alpha value is -4.21. The lowest BCUT2D eigenvalue weighted by Crippen LogP contribution is -2.58. The van der Waals surface area contributed by atoms with Gasteiger partial charge >= 0.3 is 0 Å². The first-order chi connectivity index (χ1) is 19.1. The van der Waals surface area contributed by atoms with Crippen LogP contribution in [-0.4, -0.2) is 77.1 Å². The van der Waals surface area contributed by atoms with Crippen LogP contribution < -0.4 is 16.0 Å². The molecule has 0 spiro atoms. The van der Waals surface area contributed by atoms with E-state index in [4.69, 9.17) is 0 Å². The molecule has 1 saturated heterocycles. The zero-order valence-corrected chi connectivity index (χ0v) is 23.3. The van der Waals surface area contributed by atoms with Gasteiger partial charge in [0.2, 0.25) is 23.6 Å². The van der Waals surface area contributed by atoms with Gasteiger partial charge in [-0.25, -0.2) is 0 Å². The molecule has 0 aromatic heterocycles. The number of anilines is 1. The van der Waals surface area contributed by atoms with Crippen LogP contribution in [0.1, 0.15) is 49.5 Å². The topological polar surface area (TPSA) is 128 Å². The van der Waals surface area contributed by atoms with E-state index in [2.05, 4.69) is 16.0 Å². The maximum atomic E-state index is 13.8. The maximum Gasteiger partial charge on any atom is 0.256 e. The van der Waals surface area contributed by atoms with Gasteiger partial charge in [0.15, 0.2) is 0 Å². The minimum absolute atomic E-state index is 0.226. The molecule has 0 saturated carbocycles. The van der Waals surface area contributed by atoms with Crippen LogP contribution in [0.15, 0.2) is 54.6 Å². The number of fused-ring (bicyclic) bond motifs is 2. The van der Waals surface area contributed by atoms with Gasteiger partial charge in [-0.3, -0.25) is 24.0 Å². The summed E-state index contributed by atoms with van der Waals surface area (Å²) in [5.41, 5.74) is 1.41. The highest BCUT2D eigenvalue weighted by molar-refractivity contribution is 6.07. The summed E-state index contributed by atoms with van der Waals surface area (Å²) < 4.78 is 0. The molecule has 4 atom stereocenters. The van der Waals surface area contributed by atoms with Crippen molar-refractivity contribution in [2.24, 2.45) is 5.92 Å². The Morgan fingerprint density at radius 3 is 2.25 bits per heavy atom. The minimum atomic E-state index is -0.965. The van der Waals surface area contributed by atoms with Crippen LogP contribution in [0.25, 0.3) is 0 Å². The highest BCUT2D eigenvalue weighted by Gasteiger charge is 2.40. The van der Waals surface area contributed by atoms with Crippen LogP contribution in [0.5, 0.6) is 0 Å². The molecule has 0 unspecified atom stereocenters. The van der Waals surface area contributed by atoms with Crippen molar-refractivity contribution in [1.82, 2.24) is 20.4 Å². The lowest BCUT2D eigenvalue weighted by Gasteiger charge is -2.34. The number of nitrogens with zero attached hydrogens (tertiary/aromatic N) is 2. The van der Waals surface area contributed by atoms with Gasteiger partial charge in [-0.2, -0.15) is 0 Å². The third kappa shape index (κ3) is 6.16. The first-order valence-corrected chi connectivity index (χ1v) is 13.7. The second-order valence-corrected chi connectivity index (χ2v) is 10.8. The summed E-state index contributed by atoms with van der Waals surface area (Å²) in [7, 11) is 1.56. The number of hydrogen-bond donors (Lipinski definition) is 3. The van der Waals surface area contributed by atoms with Crippen molar-refractivity contribution in [2.75, 3.05) is 18.9 Å². The smallest absolute Gasteiger partial charge is 0.256 e. The Bertz CT molecular complexity index is 1280. The standard InChI is InChI=1S/C30H37N5O5/c1-18(2)25-28(38)32-22-14-9-8-13-21(22)29(39)35-16-10-15-23(35)30(40)34(4)24(17-20-11-6-5-7-12-20)27(37)31-19(3)26(36)33-25/h5-9,11-14,18-19,23-25H,10,15-17H2,1-4H3,(H,31,37)(H,32,38)(H,33,36)/t19-,23+,24+,25+/m0/s1. The Morgan fingerprint density at radius 2 is 1.55 bits per heavy atom. The molecule has 0 radical (unpaired) electrons. The molecule has 2 aliphatic heterocycles. The van der Waals surface area contributed by atoms with E-state index in [1.54, 1.807) is 52.1 Å². The fraction of sp³-hybridized carbons (Fsp3) is 0.433. The number of carbonyl (C=O) groups is 5. The number of rotatable bonds is 3. The average molecular weight is 548 g/mol. The van der Waals surface area contributed by atoms with Crippen LogP contribution in [0, 0.1) is 5.92 Å². The number of carbonyl (C=O) groups excluding carboxylic acids is 5. The van der Waals surface area contributed by atoms with Crippen LogP contribution in [0.2, 0.25) is 0 Å². The normalized spacial score (nSPS) is 24.8. The van der Waals surface area contributed by atoms with E-state index in [1.165, 1.54) is 9.80 Å². The molecular formula is C30H37N5O5. The van der Waals surface area contributed by atoms with E-state index < -0.39 is 41.9 Å². The summed E-state index contributed by atoms with van der Waals surface area (Å²) in [6.45, 7) is 5.52. The number of likely N-dealkylation sites (N-methyl/N-ethyl adjacent to an activating group) is 1. The van der Waals surface area contributed by atoms with Crippen LogP contribution in [0.3, 0.4) is 0 Å². The predicted octanol–water partition coefficient (Wildman–Crippen LogP) is 1.96. The number of para-hydroxylation sites is 1. The molecule has 10 heteroatoms. The van der Waals surface area contributed by atoms with E-state index in [9.17, 15) is 24.0 Å². The molecule has 2 heterocycles. The van der Waals surface area contributed by atoms with Gasteiger partial charge in [-0.1, -0.05) is 56.3 Å². The summed E-state index contributed by atoms with van der Waals surface area (Å²) in [4.78, 5) is 70.5. The largest absolute Gasteiger partial charge is 0.343 e. The first kappa shape index (κ1) is 28.8. The molecule has 4 rings (SSSR count). The van der Waals surface area contributed by atoms with Gasteiger partial charge in [0.1, 0.15) is 24.2 Å². The SMILES string of the molecule is CC(C)[C@H]1NC(=O)[C@H](C)NC(=O)[C@@H](Cc2ccccc2)N(C)C(=O)[C@H]2CCCN2C(=O)c2ccccc2NC1=O. The third-order valence-electron chi connectivity index (χ3n) is 7.60. The summed E-state index contributed by atoms with van der Waals surface area (Å²) in [6.07, 6.45) is 1.31. The predicted molar refractivity (Wildman–Crippen MR) is 150 cm³/mol. The molecule has 0 bridgehead atoms. The summed E-state index contributed by atoms with van der Waals surface area (Å²) in [5.74, 6) is -2.52. The van der Waals surface area contributed by atoms with Gasteiger partial charge in [0.05, 0.1) is 11.3 Å². The van der Waals surface area contributed by atoms with E-state index in [0.717, 1.165) is 5.56 Å². The zero-order chi connectivity index (χ0) is 29.0. The van der Waals surface area contributed by atoms with E-state index in [0.29, 0.717) is 25.1 Å². The monoisotopic (exact) mass is 547 g/mol. The Labute approximate surface area is 234 Å². The highest BCUT2D eigenvalue weighted by Crippen LogP contribution is 2.26. The molecular weight excluding hydrogens is 510 g/mol. The van der Waals surface area contributed by atoms with Crippen LogP contribution >= 0.6 is 0 Å². The molecule has 0 aliphatic carbocycles. The van der Waals surface area contributed by atoms with Gasteiger partial charge in [0, 0.05) is 20.0 Å². The van der Waals surface area contributed by atoms with E-state index in [1.807, 2.05) is 30.3 Å². The zero-order valence-electron chi connectivity index (χ0n) is 23.3. The van der Waals surface area contributed by atoms with Crippen molar-refractivity contribution < 1.29 is 24.0 Å². The Morgan fingerprint density at radius 1 is 0.875 bits per heavy atom. The quantitative estimate of drug-likeness (QED) is 0.541. The molecule has 1 fully saturated rings. The van der Waals surface area contributed by atoms with E-state index >= 15 is 0 Å². The van der Waals surface area contributed by atoms with E-state index in [-0.39, 0.29) is 29.7 Å². The Balaban J connectivity index is 1.76. The number of nitrogens with one attached hydrogen (secondary N) is 3. The van der Waals surface area contributed by atoms with Crippen molar-refractivity contribution in [2.45, 2.75) is 64.2 Å². The van der Waals surface area contributed by atoms with Crippen molar-refractivity contribution in [3.05, 3.63) is 65.7 Å². The molecule has 2 aromatic carbocycles. The maximum absolute atomic E-state index is 13.8. The first-order valence-electron chi connectivity index (χ1n) is 13.7. The van der Waals surface area contributed by atoms with Gasteiger partial charge in [-0.05, 0) is 43.4 Å². The van der Waals surface area contributed by atoms with Crippen molar-refractivity contribution >= 4 is 35.2 Å². The molecule has 5 amide bonds. The minimum Gasteiger partial charge on any atom is -0.343 e. The number of amides is 5. The van der Waals surface area contributed by atoms with Crippen molar-refractivity contribution in [3.8, 4) is 0 Å². The third-order valence-corrected chi connectivity index (χ3v) is 7.60. The summed E-state index contributed by atoms with van der Waals surface area (Å²) >= 11 is 0. The van der Waals surface area contributed by atoms with Crippen molar-refractivity contribution in [3.63, 3.8) is 0 Å². The average Bonchev–Trinajstić information content (AvgIpc) is 3.43. The van der Waals surface area contributed by atoms with Gasteiger partial charge < -0.3 is 25.8 Å². The molecule has 2 aromatic rings. The Kier molecular flexibility index (Phi) is 8.86. The fourth-order valence-corrected chi connectivity index (χ4v) is 5.23. The fourth-order valence-electron chi connectivity index (χ4n) is 5.23. The molecule has 40 heavy (non-hydrogen) atoms. The van der Waals surface area contributed by atoms with Gasteiger partial charge in [0.25, 0.3) is 5.91 Å². The van der Waals surface area contributed by atoms with Crippen molar-refractivity contribution in [1.29, 1.82) is 0 Å².